The lowest BCUT2D eigenvalue weighted by molar-refractivity contribution is 0.0670. The van der Waals surface area contributed by atoms with Crippen LogP contribution in [0, 0.1) is 11.3 Å². The van der Waals surface area contributed by atoms with Gasteiger partial charge in [-0.2, -0.15) is 5.26 Å². The molecule has 1 aliphatic rings. The highest BCUT2D eigenvalue weighted by atomic mass is 16.5. The molecule has 18 heavy (non-hydrogen) atoms. The van der Waals surface area contributed by atoms with Crippen molar-refractivity contribution in [3.8, 4) is 11.8 Å². The van der Waals surface area contributed by atoms with Crippen LogP contribution in [0.4, 0.5) is 0 Å². The summed E-state index contributed by atoms with van der Waals surface area (Å²) in [6.45, 7) is 0.670. The van der Waals surface area contributed by atoms with Gasteiger partial charge in [0.1, 0.15) is 11.8 Å². The van der Waals surface area contributed by atoms with Crippen molar-refractivity contribution in [1.82, 2.24) is 4.90 Å². The molecule has 0 aromatic heterocycles. The van der Waals surface area contributed by atoms with Crippen molar-refractivity contribution < 1.29 is 9.53 Å². The van der Waals surface area contributed by atoms with Crippen LogP contribution in [-0.4, -0.2) is 30.5 Å². The summed E-state index contributed by atoms with van der Waals surface area (Å²) in [7, 11) is 1.59. The molecule has 1 aromatic rings. The molecule has 4 heteroatoms. The van der Waals surface area contributed by atoms with E-state index < -0.39 is 0 Å². The van der Waals surface area contributed by atoms with Gasteiger partial charge in [-0.25, -0.2) is 0 Å². The van der Waals surface area contributed by atoms with Crippen molar-refractivity contribution in [3.63, 3.8) is 0 Å². The average molecular weight is 244 g/mol. The van der Waals surface area contributed by atoms with Gasteiger partial charge in [0.25, 0.3) is 5.91 Å². The first kappa shape index (κ1) is 12.4. The number of rotatable bonds is 2. The number of likely N-dealkylation sites (tertiary alicyclic amines) is 1. The molecule has 0 saturated carbocycles. The summed E-state index contributed by atoms with van der Waals surface area (Å²) in [5.41, 5.74) is 0.609. The summed E-state index contributed by atoms with van der Waals surface area (Å²) in [5.74, 6) is 0.658. The molecule has 0 aliphatic carbocycles. The van der Waals surface area contributed by atoms with Crippen molar-refractivity contribution in [2.24, 2.45) is 0 Å². The Hall–Kier alpha value is -2.02. The molecule has 1 amide bonds. The minimum absolute atomic E-state index is 0.0658. The quantitative estimate of drug-likeness (QED) is 0.801. The van der Waals surface area contributed by atoms with Crippen molar-refractivity contribution in [2.45, 2.75) is 25.3 Å². The minimum atomic E-state index is -0.284. The van der Waals surface area contributed by atoms with Gasteiger partial charge in [-0.15, -0.1) is 0 Å². The number of carbonyl (C=O) groups excluding carboxylic acids is 1. The largest absolute Gasteiger partial charge is 0.497 e. The van der Waals surface area contributed by atoms with Gasteiger partial charge in [0.05, 0.1) is 13.2 Å². The van der Waals surface area contributed by atoms with E-state index in [1.165, 1.54) is 0 Å². The molecule has 0 radical (unpaired) electrons. The minimum Gasteiger partial charge on any atom is -0.497 e. The second-order valence-electron chi connectivity index (χ2n) is 4.37. The fraction of sp³-hybridized carbons (Fsp3) is 0.429. The molecule has 1 fully saturated rings. The molecule has 0 spiro atoms. The zero-order valence-electron chi connectivity index (χ0n) is 10.4. The van der Waals surface area contributed by atoms with Crippen LogP contribution >= 0.6 is 0 Å². The molecule has 1 atom stereocenters. The van der Waals surface area contributed by atoms with E-state index in [0.717, 1.165) is 25.0 Å². The number of ether oxygens (including phenoxy) is 1. The average Bonchev–Trinajstić information content (AvgIpc) is 2.46. The number of hydrogen-bond acceptors (Lipinski definition) is 3. The van der Waals surface area contributed by atoms with Gasteiger partial charge in [-0.3, -0.25) is 4.79 Å². The Morgan fingerprint density at radius 3 is 2.72 bits per heavy atom. The van der Waals surface area contributed by atoms with E-state index in [2.05, 4.69) is 6.07 Å². The first-order valence-corrected chi connectivity index (χ1v) is 6.11. The maximum atomic E-state index is 12.3. The number of nitrogens with zero attached hydrogens (tertiary/aromatic N) is 2. The number of methoxy groups -OCH3 is 1. The lowest BCUT2D eigenvalue weighted by Crippen LogP contribution is -2.42. The summed E-state index contributed by atoms with van der Waals surface area (Å²) in [4.78, 5) is 14.0. The second kappa shape index (κ2) is 5.54. The topological polar surface area (TPSA) is 53.3 Å². The number of piperidine rings is 1. The molecule has 1 heterocycles. The lowest BCUT2D eigenvalue weighted by Gasteiger charge is -2.31. The molecule has 1 saturated heterocycles. The predicted molar refractivity (Wildman–Crippen MR) is 67.3 cm³/mol. The third kappa shape index (κ3) is 2.45. The van der Waals surface area contributed by atoms with Crippen LogP contribution in [0.2, 0.25) is 0 Å². The number of hydrogen-bond donors (Lipinski definition) is 0. The second-order valence-corrected chi connectivity index (χ2v) is 4.37. The smallest absolute Gasteiger partial charge is 0.254 e. The van der Waals surface area contributed by atoms with E-state index >= 15 is 0 Å². The fourth-order valence-corrected chi connectivity index (χ4v) is 2.21. The third-order valence-electron chi connectivity index (χ3n) is 3.25. The molecule has 0 bridgehead atoms. The van der Waals surface area contributed by atoms with Crippen molar-refractivity contribution in [2.75, 3.05) is 13.7 Å². The molecule has 4 nitrogen and oxygen atoms in total. The summed E-state index contributed by atoms with van der Waals surface area (Å²) < 4.78 is 5.06. The summed E-state index contributed by atoms with van der Waals surface area (Å²) in [6.07, 6.45) is 2.77. The monoisotopic (exact) mass is 244 g/mol. The Labute approximate surface area is 107 Å². The molecular weight excluding hydrogens is 228 g/mol. The molecule has 94 valence electrons. The van der Waals surface area contributed by atoms with Crippen molar-refractivity contribution in [1.29, 1.82) is 5.26 Å². The van der Waals surface area contributed by atoms with Crippen LogP contribution in [-0.2, 0) is 0 Å². The molecule has 1 unspecified atom stereocenters. The SMILES string of the molecule is COc1ccc(C(=O)N2CCCCC2C#N)cc1. The summed E-state index contributed by atoms with van der Waals surface area (Å²) in [5, 5.41) is 9.08. The number of amides is 1. The fourth-order valence-electron chi connectivity index (χ4n) is 2.21. The highest BCUT2D eigenvalue weighted by molar-refractivity contribution is 5.94. The van der Waals surface area contributed by atoms with Crippen LogP contribution < -0.4 is 4.74 Å². The van der Waals surface area contributed by atoms with E-state index in [4.69, 9.17) is 10.00 Å². The van der Waals surface area contributed by atoms with Gasteiger partial charge >= 0.3 is 0 Å². The van der Waals surface area contributed by atoms with Gasteiger partial charge in [-0.05, 0) is 43.5 Å². The van der Waals surface area contributed by atoms with E-state index in [-0.39, 0.29) is 11.9 Å². The van der Waals surface area contributed by atoms with Crippen LogP contribution in [0.5, 0.6) is 5.75 Å². The zero-order valence-corrected chi connectivity index (χ0v) is 10.4. The standard InChI is InChI=1S/C14H16N2O2/c1-18-13-7-5-11(6-8-13)14(17)16-9-3-2-4-12(16)10-15/h5-8,12H,2-4,9H2,1H3. The van der Waals surface area contributed by atoms with Gasteiger partial charge in [-0.1, -0.05) is 0 Å². The van der Waals surface area contributed by atoms with Crippen molar-refractivity contribution >= 4 is 5.91 Å². The number of carbonyl (C=O) groups is 1. The van der Waals surface area contributed by atoms with Gasteiger partial charge in [0, 0.05) is 12.1 Å². The van der Waals surface area contributed by atoms with Crippen LogP contribution in [0.25, 0.3) is 0 Å². The van der Waals surface area contributed by atoms with Crippen LogP contribution in [0.1, 0.15) is 29.6 Å². The normalized spacial score (nSPS) is 19.1. The first-order valence-electron chi connectivity index (χ1n) is 6.11. The Morgan fingerprint density at radius 2 is 2.11 bits per heavy atom. The van der Waals surface area contributed by atoms with Crippen LogP contribution in [0.15, 0.2) is 24.3 Å². The third-order valence-corrected chi connectivity index (χ3v) is 3.25. The first-order chi connectivity index (χ1) is 8.76. The number of benzene rings is 1. The van der Waals surface area contributed by atoms with Crippen LogP contribution in [0.3, 0.4) is 0 Å². The predicted octanol–water partition coefficient (Wildman–Crippen LogP) is 2.21. The Kier molecular flexibility index (Phi) is 3.83. The van der Waals surface area contributed by atoms with E-state index in [1.807, 2.05) is 0 Å². The van der Waals surface area contributed by atoms with Gasteiger partial charge in [0.2, 0.25) is 0 Å². The van der Waals surface area contributed by atoms with E-state index in [9.17, 15) is 4.79 Å². The highest BCUT2D eigenvalue weighted by Crippen LogP contribution is 2.20. The maximum Gasteiger partial charge on any atom is 0.254 e. The molecule has 1 aliphatic heterocycles. The van der Waals surface area contributed by atoms with E-state index in [0.29, 0.717) is 12.1 Å². The molecule has 1 aromatic carbocycles. The summed E-state index contributed by atoms with van der Waals surface area (Å²) >= 11 is 0. The Morgan fingerprint density at radius 1 is 1.39 bits per heavy atom. The molecule has 2 rings (SSSR count). The highest BCUT2D eigenvalue weighted by Gasteiger charge is 2.27. The molecule has 0 N–H and O–H groups in total. The lowest BCUT2D eigenvalue weighted by atomic mass is 10.0. The zero-order chi connectivity index (χ0) is 13.0. The van der Waals surface area contributed by atoms with Crippen molar-refractivity contribution in [3.05, 3.63) is 29.8 Å². The van der Waals surface area contributed by atoms with Gasteiger partial charge in [0.15, 0.2) is 0 Å². The molecular formula is C14H16N2O2. The maximum absolute atomic E-state index is 12.3. The summed E-state index contributed by atoms with van der Waals surface area (Å²) in [6, 6.07) is 8.93. The van der Waals surface area contributed by atoms with E-state index in [1.54, 1.807) is 36.3 Å². The number of nitriles is 1. The Balaban J connectivity index is 2.16. The Bertz CT molecular complexity index is 462. The van der Waals surface area contributed by atoms with Gasteiger partial charge < -0.3 is 9.64 Å².